The number of hydrogen-bond acceptors (Lipinski definition) is 4. The van der Waals surface area contributed by atoms with E-state index in [1.165, 1.54) is 0 Å². The summed E-state index contributed by atoms with van der Waals surface area (Å²) in [6.07, 6.45) is 5.47. The van der Waals surface area contributed by atoms with Crippen LogP contribution in [0.25, 0.3) is 0 Å². The fourth-order valence-corrected chi connectivity index (χ4v) is 4.62. The number of nitrogens with one attached hydrogen (secondary N) is 2. The fraction of sp³-hybridized carbons (Fsp3) is 0.524. The Morgan fingerprint density at radius 3 is 2.37 bits per heavy atom. The van der Waals surface area contributed by atoms with E-state index in [2.05, 4.69) is 23.9 Å². The van der Waals surface area contributed by atoms with E-state index in [0.29, 0.717) is 17.4 Å². The Morgan fingerprint density at radius 2 is 1.78 bits per heavy atom. The van der Waals surface area contributed by atoms with Crippen molar-refractivity contribution in [2.24, 2.45) is 5.92 Å². The maximum atomic E-state index is 12.8. The highest BCUT2D eigenvalue weighted by Gasteiger charge is 2.24. The minimum absolute atomic E-state index is 0.123. The Kier molecular flexibility index (Phi) is 7.25. The molecule has 1 aromatic heterocycles. The molecule has 2 aromatic rings. The average molecular weight is 393 g/mol. The molecule has 0 aliphatic carbocycles. The van der Waals surface area contributed by atoms with E-state index in [4.69, 9.17) is 4.42 Å². The number of sulfonamides is 1. The number of benzene rings is 1. The van der Waals surface area contributed by atoms with E-state index < -0.39 is 15.6 Å². The third-order valence-electron chi connectivity index (χ3n) is 4.22. The first-order chi connectivity index (χ1) is 12.6. The van der Waals surface area contributed by atoms with Crippen molar-refractivity contribution >= 4 is 10.0 Å². The van der Waals surface area contributed by atoms with Gasteiger partial charge in [0.05, 0.1) is 17.4 Å². The molecule has 0 spiro atoms. The molecule has 1 unspecified atom stereocenters. The molecule has 0 fully saturated rings. The van der Waals surface area contributed by atoms with Gasteiger partial charge in [-0.05, 0) is 57.2 Å². The van der Waals surface area contributed by atoms with Gasteiger partial charge < -0.3 is 9.73 Å². The standard InChI is InChI=1S/C21H32N2O3S/c1-16(2)10-11-19(18-12-13-26-15-18)22-14-17-8-6-7-9-20(17)27(24,25)23-21(3,4)5/h6-9,12-13,15-16,19,22-23H,10-11,14H2,1-5H3. The molecule has 1 aromatic carbocycles. The second-order valence-electron chi connectivity index (χ2n) is 8.42. The highest BCUT2D eigenvalue weighted by molar-refractivity contribution is 7.89. The van der Waals surface area contributed by atoms with Crippen molar-refractivity contribution in [3.8, 4) is 0 Å². The second-order valence-corrected chi connectivity index (χ2v) is 10.1. The zero-order valence-corrected chi connectivity index (χ0v) is 17.8. The van der Waals surface area contributed by atoms with E-state index in [1.54, 1.807) is 24.7 Å². The lowest BCUT2D eigenvalue weighted by Crippen LogP contribution is -2.41. The van der Waals surface area contributed by atoms with Crippen LogP contribution in [0, 0.1) is 5.92 Å². The van der Waals surface area contributed by atoms with Crippen molar-refractivity contribution in [3.63, 3.8) is 0 Å². The molecule has 150 valence electrons. The lowest BCUT2D eigenvalue weighted by molar-refractivity contribution is 0.433. The quantitative estimate of drug-likeness (QED) is 0.653. The van der Waals surface area contributed by atoms with Crippen LogP contribution >= 0.6 is 0 Å². The predicted octanol–water partition coefficient (Wildman–Crippen LogP) is 4.62. The van der Waals surface area contributed by atoms with Crippen LogP contribution in [0.2, 0.25) is 0 Å². The molecule has 2 N–H and O–H groups in total. The van der Waals surface area contributed by atoms with Gasteiger partial charge in [0.15, 0.2) is 0 Å². The van der Waals surface area contributed by atoms with Crippen LogP contribution in [0.1, 0.15) is 64.6 Å². The monoisotopic (exact) mass is 392 g/mol. The highest BCUT2D eigenvalue weighted by atomic mass is 32.2. The molecule has 6 heteroatoms. The largest absolute Gasteiger partial charge is 0.472 e. The van der Waals surface area contributed by atoms with Gasteiger partial charge in [0.2, 0.25) is 10.0 Å². The smallest absolute Gasteiger partial charge is 0.241 e. The van der Waals surface area contributed by atoms with Gasteiger partial charge in [0, 0.05) is 23.7 Å². The van der Waals surface area contributed by atoms with Gasteiger partial charge in [-0.25, -0.2) is 13.1 Å². The highest BCUT2D eigenvalue weighted by Crippen LogP contribution is 2.24. The van der Waals surface area contributed by atoms with Crippen LogP contribution in [0.3, 0.4) is 0 Å². The van der Waals surface area contributed by atoms with Gasteiger partial charge in [-0.1, -0.05) is 32.0 Å². The average Bonchev–Trinajstić information content (AvgIpc) is 3.07. The second kappa shape index (κ2) is 9.04. The molecule has 5 nitrogen and oxygen atoms in total. The Balaban J connectivity index is 2.19. The summed E-state index contributed by atoms with van der Waals surface area (Å²) in [4.78, 5) is 0.322. The third-order valence-corrected chi connectivity index (χ3v) is 6.08. The minimum Gasteiger partial charge on any atom is -0.472 e. The van der Waals surface area contributed by atoms with Gasteiger partial charge in [0.1, 0.15) is 0 Å². The Labute approximate surface area is 163 Å². The molecule has 0 saturated heterocycles. The van der Waals surface area contributed by atoms with E-state index in [1.807, 2.05) is 39.0 Å². The molecule has 1 heterocycles. The molecule has 0 bridgehead atoms. The summed E-state index contributed by atoms with van der Waals surface area (Å²) in [6.45, 7) is 10.4. The summed E-state index contributed by atoms with van der Waals surface area (Å²) in [7, 11) is -3.58. The summed E-state index contributed by atoms with van der Waals surface area (Å²) >= 11 is 0. The maximum absolute atomic E-state index is 12.8. The summed E-state index contributed by atoms with van der Waals surface area (Å²) in [5.41, 5.74) is 1.31. The molecular weight excluding hydrogens is 360 g/mol. The predicted molar refractivity (Wildman–Crippen MR) is 109 cm³/mol. The SMILES string of the molecule is CC(C)CCC(NCc1ccccc1S(=O)(=O)NC(C)(C)C)c1ccoc1. The van der Waals surface area contributed by atoms with Crippen LogP contribution in [0.15, 0.2) is 52.2 Å². The first-order valence-electron chi connectivity index (χ1n) is 9.46. The lowest BCUT2D eigenvalue weighted by atomic mass is 9.99. The van der Waals surface area contributed by atoms with Crippen LogP contribution in [-0.4, -0.2) is 14.0 Å². The third kappa shape index (κ3) is 6.79. The van der Waals surface area contributed by atoms with Crippen molar-refractivity contribution in [2.75, 3.05) is 0 Å². The Morgan fingerprint density at radius 1 is 1.07 bits per heavy atom. The van der Waals surface area contributed by atoms with Crippen molar-refractivity contribution in [1.82, 2.24) is 10.0 Å². The Hall–Kier alpha value is -1.63. The van der Waals surface area contributed by atoms with Crippen LogP contribution < -0.4 is 10.0 Å². The topological polar surface area (TPSA) is 71.3 Å². The normalized spacial score (nSPS) is 13.9. The molecular formula is C21H32N2O3S. The van der Waals surface area contributed by atoms with Gasteiger partial charge in [-0.15, -0.1) is 0 Å². The summed E-state index contributed by atoms with van der Waals surface area (Å²) < 4.78 is 33.6. The van der Waals surface area contributed by atoms with E-state index in [9.17, 15) is 8.42 Å². The van der Waals surface area contributed by atoms with Crippen molar-refractivity contribution in [1.29, 1.82) is 0 Å². The molecule has 1 atom stereocenters. The number of furan rings is 1. The van der Waals surface area contributed by atoms with Crippen LogP contribution in [0.4, 0.5) is 0 Å². The lowest BCUT2D eigenvalue weighted by Gasteiger charge is -2.23. The minimum atomic E-state index is -3.58. The first-order valence-corrected chi connectivity index (χ1v) is 10.9. The Bertz CT molecular complexity index is 806. The summed E-state index contributed by atoms with van der Waals surface area (Å²) in [6, 6.07) is 9.23. The van der Waals surface area contributed by atoms with Crippen molar-refractivity contribution < 1.29 is 12.8 Å². The molecule has 0 radical (unpaired) electrons. The molecule has 27 heavy (non-hydrogen) atoms. The van der Waals surface area contributed by atoms with Gasteiger partial charge >= 0.3 is 0 Å². The zero-order chi connectivity index (χ0) is 20.1. The molecule has 0 aliphatic rings. The molecule has 0 amide bonds. The fourth-order valence-electron chi connectivity index (χ4n) is 2.96. The van der Waals surface area contributed by atoms with Crippen LogP contribution in [-0.2, 0) is 16.6 Å². The molecule has 2 rings (SSSR count). The first kappa shape index (κ1) is 21.7. The molecule has 0 aliphatic heterocycles. The van der Waals surface area contributed by atoms with E-state index in [-0.39, 0.29) is 6.04 Å². The molecule has 0 saturated carbocycles. The van der Waals surface area contributed by atoms with E-state index in [0.717, 1.165) is 24.0 Å². The van der Waals surface area contributed by atoms with Crippen molar-refractivity contribution in [3.05, 3.63) is 54.0 Å². The number of hydrogen-bond donors (Lipinski definition) is 2. The summed E-state index contributed by atoms with van der Waals surface area (Å²) in [5.74, 6) is 0.602. The van der Waals surface area contributed by atoms with Gasteiger partial charge in [-0.2, -0.15) is 0 Å². The maximum Gasteiger partial charge on any atom is 0.241 e. The van der Waals surface area contributed by atoms with E-state index >= 15 is 0 Å². The summed E-state index contributed by atoms with van der Waals surface area (Å²) in [5, 5.41) is 3.52. The van der Waals surface area contributed by atoms with Gasteiger partial charge in [-0.3, -0.25) is 0 Å². The number of rotatable bonds is 9. The van der Waals surface area contributed by atoms with Crippen LogP contribution in [0.5, 0.6) is 0 Å². The van der Waals surface area contributed by atoms with Crippen molar-refractivity contribution in [2.45, 2.75) is 70.5 Å². The zero-order valence-electron chi connectivity index (χ0n) is 17.0. The van der Waals surface area contributed by atoms with Gasteiger partial charge in [0.25, 0.3) is 0 Å².